The lowest BCUT2D eigenvalue weighted by atomic mass is 10.4. The van der Waals surface area contributed by atoms with Gasteiger partial charge in [-0.2, -0.15) is 10.1 Å². The molecular weight excluding hydrogens is 326 g/mol. The van der Waals surface area contributed by atoms with Crippen molar-refractivity contribution < 1.29 is 0 Å². The highest BCUT2D eigenvalue weighted by atomic mass is 79.9. The molecule has 0 bridgehead atoms. The maximum Gasteiger partial charge on any atom is 0.225 e. The normalized spacial score (nSPS) is 10.8. The van der Waals surface area contributed by atoms with Gasteiger partial charge in [0, 0.05) is 16.4 Å². The van der Waals surface area contributed by atoms with Crippen molar-refractivity contribution in [3.8, 4) is 0 Å². The Morgan fingerprint density at radius 1 is 1.32 bits per heavy atom. The number of hydrogen-bond acceptors (Lipinski definition) is 5. The fraction of sp³-hybridized carbons (Fsp3) is 0.0833. The van der Waals surface area contributed by atoms with E-state index in [0.29, 0.717) is 5.95 Å². The molecule has 0 aliphatic heterocycles. The summed E-state index contributed by atoms with van der Waals surface area (Å²) in [5, 5.41) is 11.6. The van der Waals surface area contributed by atoms with Crippen LogP contribution in [-0.4, -0.2) is 27.2 Å². The summed E-state index contributed by atoms with van der Waals surface area (Å²) in [6.45, 7) is 0. The summed E-state index contributed by atoms with van der Waals surface area (Å²) in [6, 6.07) is 8.09. The molecule has 0 radical (unpaired) electrons. The lowest BCUT2D eigenvalue weighted by Crippen LogP contribution is -1.97. The van der Waals surface area contributed by atoms with Crippen molar-refractivity contribution in [3.05, 3.63) is 34.9 Å². The number of rotatable bonds is 3. The Bertz CT molecular complexity index is 727. The Labute approximate surface area is 122 Å². The monoisotopic (exact) mass is 335 g/mol. The molecule has 7 heteroatoms. The lowest BCUT2D eigenvalue weighted by Gasteiger charge is -2.05. The highest BCUT2D eigenvalue weighted by Gasteiger charge is 2.10. The van der Waals surface area contributed by atoms with Crippen LogP contribution in [0.4, 0.5) is 5.95 Å². The van der Waals surface area contributed by atoms with Crippen LogP contribution in [-0.2, 0) is 0 Å². The van der Waals surface area contributed by atoms with Gasteiger partial charge in [0.15, 0.2) is 5.65 Å². The maximum atomic E-state index is 4.48. The van der Waals surface area contributed by atoms with Gasteiger partial charge in [-0.05, 0) is 18.2 Å². The zero-order valence-corrected chi connectivity index (χ0v) is 12.4. The van der Waals surface area contributed by atoms with Gasteiger partial charge in [0.25, 0.3) is 0 Å². The first-order chi connectivity index (χ1) is 9.26. The minimum absolute atomic E-state index is 0.578. The second kappa shape index (κ2) is 5.18. The van der Waals surface area contributed by atoms with Gasteiger partial charge in [-0.3, -0.25) is 5.10 Å². The first kappa shape index (κ1) is 12.4. The van der Waals surface area contributed by atoms with Crippen LogP contribution in [0.15, 0.2) is 44.9 Å². The zero-order valence-electron chi connectivity index (χ0n) is 10.0. The summed E-state index contributed by atoms with van der Waals surface area (Å²) in [5.74, 6) is 0.578. The summed E-state index contributed by atoms with van der Waals surface area (Å²) in [5.41, 5.74) is 0.733. The number of benzene rings is 1. The molecule has 0 aliphatic carbocycles. The average Bonchev–Trinajstić information content (AvgIpc) is 2.87. The predicted octanol–water partition coefficient (Wildman–Crippen LogP) is 3.31. The van der Waals surface area contributed by atoms with Gasteiger partial charge in [-0.15, -0.1) is 0 Å². The molecule has 2 aromatic heterocycles. The summed E-state index contributed by atoms with van der Waals surface area (Å²) in [7, 11) is 1.80. The number of fused-ring (bicyclic) bond motifs is 1. The maximum absolute atomic E-state index is 4.48. The Hall–Kier alpha value is -1.60. The molecular formula is C12H10BrN5S. The minimum Gasteiger partial charge on any atom is -0.357 e. The van der Waals surface area contributed by atoms with E-state index in [1.165, 1.54) is 0 Å². The minimum atomic E-state index is 0.578. The number of aromatic nitrogens is 4. The van der Waals surface area contributed by atoms with Crippen molar-refractivity contribution in [2.45, 2.75) is 9.92 Å². The SMILES string of the molecule is CNc1nc(Sc2cccc(Br)c2)c2cn[nH]c2n1. The summed E-state index contributed by atoms with van der Waals surface area (Å²) in [6.07, 6.45) is 1.75. The summed E-state index contributed by atoms with van der Waals surface area (Å²) >= 11 is 5.05. The number of halogens is 1. The van der Waals surface area contributed by atoms with E-state index < -0.39 is 0 Å². The summed E-state index contributed by atoms with van der Waals surface area (Å²) in [4.78, 5) is 9.90. The number of hydrogen-bond donors (Lipinski definition) is 2. The van der Waals surface area contributed by atoms with Crippen LogP contribution in [0.5, 0.6) is 0 Å². The Morgan fingerprint density at radius 2 is 2.21 bits per heavy atom. The van der Waals surface area contributed by atoms with Crippen LogP contribution in [0.25, 0.3) is 11.0 Å². The molecule has 2 N–H and O–H groups in total. The van der Waals surface area contributed by atoms with Gasteiger partial charge >= 0.3 is 0 Å². The van der Waals surface area contributed by atoms with E-state index in [0.717, 1.165) is 25.4 Å². The molecule has 19 heavy (non-hydrogen) atoms. The Balaban J connectivity index is 2.06. The molecule has 2 heterocycles. The molecule has 3 rings (SSSR count). The van der Waals surface area contributed by atoms with Crippen LogP contribution in [0.3, 0.4) is 0 Å². The van der Waals surface area contributed by atoms with Crippen molar-refractivity contribution in [2.75, 3.05) is 12.4 Å². The van der Waals surface area contributed by atoms with E-state index >= 15 is 0 Å². The second-order valence-electron chi connectivity index (χ2n) is 3.79. The van der Waals surface area contributed by atoms with Crippen LogP contribution in [0.1, 0.15) is 0 Å². The molecule has 0 spiro atoms. The van der Waals surface area contributed by atoms with E-state index in [1.54, 1.807) is 25.0 Å². The molecule has 5 nitrogen and oxygen atoms in total. The number of anilines is 1. The molecule has 0 amide bonds. The molecule has 0 aliphatic rings. The average molecular weight is 336 g/mol. The molecule has 1 aromatic carbocycles. The topological polar surface area (TPSA) is 66.5 Å². The van der Waals surface area contributed by atoms with Gasteiger partial charge < -0.3 is 5.32 Å². The molecule has 0 saturated carbocycles. The first-order valence-corrected chi connectivity index (χ1v) is 7.19. The third-order valence-electron chi connectivity index (χ3n) is 2.51. The molecule has 0 atom stereocenters. The van der Waals surface area contributed by atoms with E-state index in [-0.39, 0.29) is 0 Å². The fourth-order valence-corrected chi connectivity index (χ4v) is 3.14. The summed E-state index contributed by atoms with van der Waals surface area (Å²) < 4.78 is 1.05. The smallest absolute Gasteiger partial charge is 0.225 e. The zero-order chi connectivity index (χ0) is 13.2. The first-order valence-electron chi connectivity index (χ1n) is 5.58. The van der Waals surface area contributed by atoms with Crippen molar-refractivity contribution in [2.24, 2.45) is 0 Å². The molecule has 96 valence electrons. The largest absolute Gasteiger partial charge is 0.357 e. The highest BCUT2D eigenvalue weighted by Crippen LogP contribution is 2.32. The van der Waals surface area contributed by atoms with Crippen molar-refractivity contribution in [1.29, 1.82) is 0 Å². The molecule has 3 aromatic rings. The van der Waals surface area contributed by atoms with Crippen LogP contribution < -0.4 is 5.32 Å². The second-order valence-corrected chi connectivity index (χ2v) is 5.77. The van der Waals surface area contributed by atoms with Gasteiger partial charge in [-0.1, -0.05) is 33.8 Å². The molecule has 0 saturated heterocycles. The molecule has 0 fully saturated rings. The third-order valence-corrected chi connectivity index (χ3v) is 4.00. The van der Waals surface area contributed by atoms with Gasteiger partial charge in [0.2, 0.25) is 5.95 Å². The van der Waals surface area contributed by atoms with Crippen molar-refractivity contribution in [3.63, 3.8) is 0 Å². The quantitative estimate of drug-likeness (QED) is 0.719. The van der Waals surface area contributed by atoms with E-state index in [9.17, 15) is 0 Å². The highest BCUT2D eigenvalue weighted by molar-refractivity contribution is 9.10. The standard InChI is InChI=1S/C12H10BrN5S/c1-14-12-16-10-9(6-15-18-10)11(17-12)19-8-4-2-3-7(13)5-8/h2-6H,1H3,(H2,14,15,16,17,18). The molecule has 0 unspecified atom stereocenters. The van der Waals surface area contributed by atoms with Crippen molar-refractivity contribution >= 4 is 44.7 Å². The van der Waals surface area contributed by atoms with Crippen molar-refractivity contribution in [1.82, 2.24) is 20.2 Å². The Morgan fingerprint density at radius 3 is 3.00 bits per heavy atom. The van der Waals surface area contributed by atoms with E-state index in [4.69, 9.17) is 0 Å². The van der Waals surface area contributed by atoms with Gasteiger partial charge in [0.1, 0.15) is 5.03 Å². The number of nitrogens with one attached hydrogen (secondary N) is 2. The lowest BCUT2D eigenvalue weighted by molar-refractivity contribution is 1.06. The predicted molar refractivity (Wildman–Crippen MR) is 79.5 cm³/mol. The Kier molecular flexibility index (Phi) is 3.39. The van der Waals surface area contributed by atoms with E-state index in [1.807, 2.05) is 18.2 Å². The fourth-order valence-electron chi connectivity index (χ4n) is 1.64. The number of aromatic amines is 1. The van der Waals surface area contributed by atoms with Crippen LogP contribution in [0, 0.1) is 0 Å². The van der Waals surface area contributed by atoms with Gasteiger partial charge in [0.05, 0.1) is 11.6 Å². The van der Waals surface area contributed by atoms with Crippen LogP contribution >= 0.6 is 27.7 Å². The van der Waals surface area contributed by atoms with Crippen LogP contribution in [0.2, 0.25) is 0 Å². The van der Waals surface area contributed by atoms with E-state index in [2.05, 4.69) is 47.5 Å². The van der Waals surface area contributed by atoms with Gasteiger partial charge in [-0.25, -0.2) is 4.98 Å². The third kappa shape index (κ3) is 2.57. The number of nitrogens with zero attached hydrogens (tertiary/aromatic N) is 3. The number of H-pyrrole nitrogens is 1.